The molecule has 0 aliphatic heterocycles. The second-order valence-electron chi connectivity index (χ2n) is 3.85. The smallest absolute Gasteiger partial charge is 0.240 e. The molecule has 0 amide bonds. The summed E-state index contributed by atoms with van der Waals surface area (Å²) in [5.74, 6) is 1.16. The minimum atomic E-state index is 0.544. The first-order chi connectivity index (χ1) is 8.74. The molecule has 2 aromatic heterocycles. The van der Waals surface area contributed by atoms with E-state index in [-0.39, 0.29) is 0 Å². The Labute approximate surface area is 113 Å². The van der Waals surface area contributed by atoms with Gasteiger partial charge in [-0.25, -0.2) is 9.97 Å². The molecule has 3 rings (SSSR count). The second kappa shape index (κ2) is 4.55. The van der Waals surface area contributed by atoms with E-state index in [4.69, 9.17) is 16.3 Å². The van der Waals surface area contributed by atoms with E-state index in [9.17, 15) is 0 Å². The second-order valence-corrected chi connectivity index (χ2v) is 5.17. The summed E-state index contributed by atoms with van der Waals surface area (Å²) in [4.78, 5) is 8.33. The largest absolute Gasteiger partial charge is 0.436 e. The molecule has 1 aromatic carbocycles. The van der Waals surface area contributed by atoms with Crippen LogP contribution < -0.4 is 4.74 Å². The van der Waals surface area contributed by atoms with Crippen LogP contribution in [0.3, 0.4) is 0 Å². The summed E-state index contributed by atoms with van der Waals surface area (Å²) in [6.07, 6.45) is 1.49. The predicted molar refractivity (Wildman–Crippen MR) is 73.7 cm³/mol. The van der Waals surface area contributed by atoms with E-state index in [2.05, 4.69) is 9.97 Å². The minimum absolute atomic E-state index is 0.544. The average molecular weight is 277 g/mol. The van der Waals surface area contributed by atoms with Gasteiger partial charge in [0.2, 0.25) is 5.88 Å². The SMILES string of the molecule is Cc1ccc(Cl)c(Oc2ncnc3ccsc23)c1. The van der Waals surface area contributed by atoms with E-state index in [1.165, 1.54) is 6.33 Å². The maximum atomic E-state index is 6.11. The van der Waals surface area contributed by atoms with E-state index >= 15 is 0 Å². The predicted octanol–water partition coefficient (Wildman–Crippen LogP) is 4.45. The number of aryl methyl sites for hydroxylation is 1. The van der Waals surface area contributed by atoms with Crippen molar-refractivity contribution in [3.63, 3.8) is 0 Å². The van der Waals surface area contributed by atoms with Crippen molar-refractivity contribution in [3.8, 4) is 11.6 Å². The van der Waals surface area contributed by atoms with Crippen molar-refractivity contribution in [3.05, 3.63) is 46.6 Å². The lowest BCUT2D eigenvalue weighted by Gasteiger charge is -2.07. The van der Waals surface area contributed by atoms with E-state index in [0.717, 1.165) is 15.8 Å². The molecule has 0 radical (unpaired) electrons. The third-order valence-corrected chi connectivity index (χ3v) is 3.71. The van der Waals surface area contributed by atoms with Crippen molar-refractivity contribution in [2.75, 3.05) is 0 Å². The van der Waals surface area contributed by atoms with Crippen molar-refractivity contribution >= 4 is 33.2 Å². The number of hydrogen-bond acceptors (Lipinski definition) is 4. The lowest BCUT2D eigenvalue weighted by molar-refractivity contribution is 0.469. The van der Waals surface area contributed by atoms with Gasteiger partial charge in [0.1, 0.15) is 16.8 Å². The first-order valence-corrected chi connectivity index (χ1v) is 6.62. The average Bonchev–Trinajstić information content (AvgIpc) is 2.83. The third kappa shape index (κ3) is 2.05. The lowest BCUT2D eigenvalue weighted by Crippen LogP contribution is -1.90. The maximum Gasteiger partial charge on any atom is 0.240 e. The molecule has 0 fully saturated rings. The Bertz CT molecular complexity index is 711. The third-order valence-electron chi connectivity index (χ3n) is 2.50. The molecule has 0 saturated heterocycles. The molecular weight excluding hydrogens is 268 g/mol. The quantitative estimate of drug-likeness (QED) is 0.694. The fourth-order valence-electron chi connectivity index (χ4n) is 1.63. The number of hydrogen-bond donors (Lipinski definition) is 0. The van der Waals surface area contributed by atoms with Crippen molar-refractivity contribution < 1.29 is 4.74 Å². The van der Waals surface area contributed by atoms with Gasteiger partial charge < -0.3 is 4.74 Å². The van der Waals surface area contributed by atoms with Gasteiger partial charge in [-0.2, -0.15) is 0 Å². The number of fused-ring (bicyclic) bond motifs is 1. The maximum absolute atomic E-state index is 6.11. The Morgan fingerprint density at radius 3 is 3.00 bits per heavy atom. The summed E-state index contributed by atoms with van der Waals surface area (Å²) < 4.78 is 6.71. The summed E-state index contributed by atoms with van der Waals surface area (Å²) in [5.41, 5.74) is 1.97. The van der Waals surface area contributed by atoms with Crippen LogP contribution in [0, 0.1) is 6.92 Å². The molecule has 0 bridgehead atoms. The Morgan fingerprint density at radius 1 is 1.22 bits per heavy atom. The van der Waals surface area contributed by atoms with Crippen molar-refractivity contribution in [1.82, 2.24) is 9.97 Å². The number of thiophene rings is 1. The normalized spacial score (nSPS) is 10.8. The van der Waals surface area contributed by atoms with Crippen LogP contribution in [0.15, 0.2) is 36.0 Å². The topological polar surface area (TPSA) is 35.0 Å². The van der Waals surface area contributed by atoms with Gasteiger partial charge in [-0.1, -0.05) is 17.7 Å². The number of aromatic nitrogens is 2. The monoisotopic (exact) mass is 276 g/mol. The van der Waals surface area contributed by atoms with Gasteiger partial charge in [0.15, 0.2) is 0 Å². The Kier molecular flexibility index (Phi) is 2.89. The standard InChI is InChI=1S/C13H9ClN2OS/c1-8-2-3-9(14)11(6-8)17-13-12-10(4-5-18-12)15-7-16-13/h2-7H,1H3. The number of nitrogens with zero attached hydrogens (tertiary/aromatic N) is 2. The first-order valence-electron chi connectivity index (χ1n) is 5.36. The number of benzene rings is 1. The van der Waals surface area contributed by atoms with E-state index in [1.54, 1.807) is 11.3 Å². The van der Waals surface area contributed by atoms with Gasteiger partial charge in [-0.15, -0.1) is 11.3 Å². The highest BCUT2D eigenvalue weighted by Crippen LogP contribution is 2.34. The lowest BCUT2D eigenvalue weighted by atomic mass is 10.2. The van der Waals surface area contributed by atoms with Gasteiger partial charge in [0.05, 0.1) is 10.5 Å². The van der Waals surface area contributed by atoms with Crippen LogP contribution in [-0.4, -0.2) is 9.97 Å². The van der Waals surface area contributed by atoms with Gasteiger partial charge in [-0.3, -0.25) is 0 Å². The molecule has 18 heavy (non-hydrogen) atoms. The highest BCUT2D eigenvalue weighted by molar-refractivity contribution is 7.17. The molecule has 0 aliphatic carbocycles. The molecule has 3 nitrogen and oxygen atoms in total. The van der Waals surface area contributed by atoms with Crippen molar-refractivity contribution in [1.29, 1.82) is 0 Å². The molecule has 2 heterocycles. The van der Waals surface area contributed by atoms with Gasteiger partial charge in [-0.05, 0) is 36.1 Å². The number of ether oxygens (including phenoxy) is 1. The molecule has 0 atom stereocenters. The molecule has 0 spiro atoms. The Hall–Kier alpha value is -1.65. The van der Waals surface area contributed by atoms with Crippen LogP contribution in [0.2, 0.25) is 5.02 Å². The molecule has 0 N–H and O–H groups in total. The molecule has 0 aliphatic rings. The minimum Gasteiger partial charge on any atom is -0.436 e. The summed E-state index contributed by atoms with van der Waals surface area (Å²) in [6, 6.07) is 7.59. The molecule has 3 aromatic rings. The molecule has 90 valence electrons. The zero-order chi connectivity index (χ0) is 12.5. The zero-order valence-electron chi connectivity index (χ0n) is 9.55. The summed E-state index contributed by atoms with van der Waals surface area (Å²) in [6.45, 7) is 1.99. The van der Waals surface area contributed by atoms with Crippen LogP contribution in [0.25, 0.3) is 10.2 Å². The highest BCUT2D eigenvalue weighted by atomic mass is 35.5. The van der Waals surface area contributed by atoms with Crippen molar-refractivity contribution in [2.45, 2.75) is 6.92 Å². The van der Waals surface area contributed by atoms with E-state index in [1.807, 2.05) is 36.6 Å². The molecule has 0 unspecified atom stereocenters. The van der Waals surface area contributed by atoms with E-state index < -0.39 is 0 Å². The molecule has 0 saturated carbocycles. The number of halogens is 1. The fourth-order valence-corrected chi connectivity index (χ4v) is 2.56. The summed E-state index contributed by atoms with van der Waals surface area (Å²) in [7, 11) is 0. The van der Waals surface area contributed by atoms with Gasteiger partial charge in [0.25, 0.3) is 0 Å². The van der Waals surface area contributed by atoms with Crippen LogP contribution in [0.1, 0.15) is 5.56 Å². The van der Waals surface area contributed by atoms with Crippen molar-refractivity contribution in [2.24, 2.45) is 0 Å². The molecule has 5 heteroatoms. The van der Waals surface area contributed by atoms with Gasteiger partial charge in [0, 0.05) is 0 Å². The molecular formula is C13H9ClN2OS. The zero-order valence-corrected chi connectivity index (χ0v) is 11.1. The van der Waals surface area contributed by atoms with E-state index in [0.29, 0.717) is 16.7 Å². The summed E-state index contributed by atoms with van der Waals surface area (Å²) in [5, 5.41) is 2.54. The van der Waals surface area contributed by atoms with Gasteiger partial charge >= 0.3 is 0 Å². The number of rotatable bonds is 2. The van der Waals surface area contributed by atoms with Crippen LogP contribution in [-0.2, 0) is 0 Å². The highest BCUT2D eigenvalue weighted by Gasteiger charge is 2.09. The van der Waals surface area contributed by atoms with Crippen LogP contribution in [0.5, 0.6) is 11.6 Å². The van der Waals surface area contributed by atoms with Crippen LogP contribution >= 0.6 is 22.9 Å². The first kappa shape index (κ1) is 11.4. The van der Waals surface area contributed by atoms with Crippen LogP contribution in [0.4, 0.5) is 0 Å². The Morgan fingerprint density at radius 2 is 2.11 bits per heavy atom. The Balaban J connectivity index is 2.06. The fraction of sp³-hybridized carbons (Fsp3) is 0.0769. The summed E-state index contributed by atoms with van der Waals surface area (Å²) >= 11 is 7.66.